The molecule has 0 atom stereocenters. The van der Waals surface area contributed by atoms with Crippen LogP contribution in [0.1, 0.15) is 23.2 Å². The molecule has 0 N–H and O–H groups in total. The third kappa shape index (κ3) is 7.56. The Bertz CT molecular complexity index is 432. The maximum absolute atomic E-state index is 12.7. The molecule has 0 saturated carbocycles. The van der Waals surface area contributed by atoms with Crippen molar-refractivity contribution < 1.29 is 4.79 Å². The molecule has 0 heterocycles. The van der Waals surface area contributed by atoms with Crippen molar-refractivity contribution >= 4 is 28.5 Å². The number of amides is 1. The van der Waals surface area contributed by atoms with E-state index >= 15 is 0 Å². The summed E-state index contributed by atoms with van der Waals surface area (Å²) in [6.07, 6.45) is 2.01. The van der Waals surface area contributed by atoms with Gasteiger partial charge in [0.2, 0.25) is 0 Å². The molecule has 5 heteroatoms. The van der Waals surface area contributed by atoms with Crippen molar-refractivity contribution in [3.05, 3.63) is 33.4 Å². The molecule has 0 aliphatic carbocycles. The molecule has 0 saturated heterocycles. The van der Waals surface area contributed by atoms with Gasteiger partial charge in [0.1, 0.15) is 0 Å². The molecule has 22 heavy (non-hydrogen) atoms. The van der Waals surface area contributed by atoms with Crippen LogP contribution >= 0.6 is 22.6 Å². The maximum atomic E-state index is 12.7. The summed E-state index contributed by atoms with van der Waals surface area (Å²) in [5.74, 6) is 0.147. The van der Waals surface area contributed by atoms with Crippen LogP contribution in [0.3, 0.4) is 0 Å². The van der Waals surface area contributed by atoms with Gasteiger partial charge >= 0.3 is 0 Å². The second-order valence-corrected chi connectivity index (χ2v) is 7.36. The SMILES string of the molecule is CN(C)CCCN(CCCN(C)C)C(=O)c1ccc(I)cc1. The molecule has 0 aromatic heterocycles. The molecule has 0 aliphatic rings. The lowest BCUT2D eigenvalue weighted by atomic mass is 10.2. The Labute approximate surface area is 148 Å². The molecule has 0 aliphatic heterocycles. The van der Waals surface area contributed by atoms with Gasteiger partial charge in [-0.05, 0) is 101 Å². The first-order valence-electron chi connectivity index (χ1n) is 7.74. The molecule has 4 nitrogen and oxygen atoms in total. The number of halogens is 1. The zero-order chi connectivity index (χ0) is 16.5. The van der Waals surface area contributed by atoms with Crippen molar-refractivity contribution in [2.75, 3.05) is 54.4 Å². The van der Waals surface area contributed by atoms with Gasteiger partial charge in [-0.1, -0.05) is 0 Å². The first-order valence-corrected chi connectivity index (χ1v) is 8.82. The minimum absolute atomic E-state index is 0.147. The van der Waals surface area contributed by atoms with Gasteiger partial charge in [-0.3, -0.25) is 4.79 Å². The molecule has 0 unspecified atom stereocenters. The maximum Gasteiger partial charge on any atom is 0.253 e. The Hall–Kier alpha value is -0.660. The van der Waals surface area contributed by atoms with E-state index in [9.17, 15) is 4.79 Å². The lowest BCUT2D eigenvalue weighted by Crippen LogP contribution is -2.35. The van der Waals surface area contributed by atoms with E-state index in [0.717, 1.165) is 48.2 Å². The first kappa shape index (κ1) is 19.4. The molecule has 0 spiro atoms. The highest BCUT2D eigenvalue weighted by Gasteiger charge is 2.15. The lowest BCUT2D eigenvalue weighted by molar-refractivity contribution is 0.0744. The second kappa shape index (κ2) is 10.2. The van der Waals surface area contributed by atoms with E-state index in [2.05, 4.69) is 60.6 Å². The van der Waals surface area contributed by atoms with Gasteiger partial charge < -0.3 is 14.7 Å². The predicted molar refractivity (Wildman–Crippen MR) is 101 cm³/mol. The Kier molecular flexibility index (Phi) is 8.97. The van der Waals surface area contributed by atoms with Gasteiger partial charge in [-0.2, -0.15) is 0 Å². The number of hydrogen-bond acceptors (Lipinski definition) is 3. The molecule has 1 aromatic carbocycles. The summed E-state index contributed by atoms with van der Waals surface area (Å²) in [7, 11) is 8.27. The predicted octanol–water partition coefficient (Wildman–Crippen LogP) is 2.64. The fourth-order valence-electron chi connectivity index (χ4n) is 2.25. The Morgan fingerprint density at radius 1 is 0.864 bits per heavy atom. The van der Waals surface area contributed by atoms with E-state index in [1.165, 1.54) is 0 Å². The molecule has 1 amide bonds. The zero-order valence-electron chi connectivity index (χ0n) is 14.2. The van der Waals surface area contributed by atoms with Crippen LogP contribution < -0.4 is 0 Å². The van der Waals surface area contributed by atoms with Crippen molar-refractivity contribution in [2.24, 2.45) is 0 Å². The topological polar surface area (TPSA) is 26.8 Å². The zero-order valence-corrected chi connectivity index (χ0v) is 16.3. The number of nitrogens with zero attached hydrogens (tertiary/aromatic N) is 3. The number of carbonyl (C=O) groups excluding carboxylic acids is 1. The quantitative estimate of drug-likeness (QED) is 0.578. The monoisotopic (exact) mass is 417 g/mol. The third-order valence-electron chi connectivity index (χ3n) is 3.45. The lowest BCUT2D eigenvalue weighted by Gasteiger charge is -2.24. The van der Waals surface area contributed by atoms with E-state index in [0.29, 0.717) is 0 Å². The smallest absolute Gasteiger partial charge is 0.253 e. The molecular formula is C17H28IN3O. The highest BCUT2D eigenvalue weighted by Crippen LogP contribution is 2.10. The Morgan fingerprint density at radius 2 is 1.32 bits per heavy atom. The van der Waals surface area contributed by atoms with Gasteiger partial charge in [-0.25, -0.2) is 0 Å². The Morgan fingerprint density at radius 3 is 1.73 bits per heavy atom. The summed E-state index contributed by atoms with van der Waals surface area (Å²) in [5.41, 5.74) is 0.787. The molecule has 0 fully saturated rings. The fourth-order valence-corrected chi connectivity index (χ4v) is 2.61. The molecular weight excluding hydrogens is 389 g/mol. The van der Waals surface area contributed by atoms with E-state index < -0.39 is 0 Å². The van der Waals surface area contributed by atoms with Crippen LogP contribution in [-0.4, -0.2) is 75.0 Å². The summed E-state index contributed by atoms with van der Waals surface area (Å²) in [6.45, 7) is 3.64. The van der Waals surface area contributed by atoms with Crippen LogP contribution in [0.15, 0.2) is 24.3 Å². The summed E-state index contributed by atoms with van der Waals surface area (Å²) < 4.78 is 1.15. The first-order chi connectivity index (χ1) is 10.4. The van der Waals surface area contributed by atoms with Crippen molar-refractivity contribution in [3.8, 4) is 0 Å². The van der Waals surface area contributed by atoms with E-state index in [4.69, 9.17) is 0 Å². The standard InChI is InChI=1S/C17H28IN3O/c1-19(2)11-5-13-21(14-6-12-20(3)4)17(22)15-7-9-16(18)10-8-15/h7-10H,5-6,11-14H2,1-4H3. The molecule has 0 radical (unpaired) electrons. The van der Waals surface area contributed by atoms with Crippen LogP contribution in [0, 0.1) is 3.57 Å². The van der Waals surface area contributed by atoms with Crippen LogP contribution in [0.2, 0.25) is 0 Å². The number of hydrogen-bond donors (Lipinski definition) is 0. The van der Waals surface area contributed by atoms with Gasteiger partial charge in [-0.15, -0.1) is 0 Å². The summed E-state index contributed by atoms with van der Waals surface area (Å²) in [4.78, 5) is 19.0. The minimum Gasteiger partial charge on any atom is -0.339 e. The summed E-state index contributed by atoms with van der Waals surface area (Å²) in [5, 5.41) is 0. The van der Waals surface area contributed by atoms with Gasteiger partial charge in [0.15, 0.2) is 0 Å². The normalized spacial score (nSPS) is 11.2. The van der Waals surface area contributed by atoms with Crippen molar-refractivity contribution in [3.63, 3.8) is 0 Å². The number of carbonyl (C=O) groups is 1. The molecule has 1 rings (SSSR count). The van der Waals surface area contributed by atoms with Crippen LogP contribution in [0.4, 0.5) is 0 Å². The van der Waals surface area contributed by atoms with Crippen molar-refractivity contribution in [2.45, 2.75) is 12.8 Å². The van der Waals surface area contributed by atoms with Gasteiger partial charge in [0.05, 0.1) is 0 Å². The van der Waals surface area contributed by atoms with Crippen LogP contribution in [0.25, 0.3) is 0 Å². The van der Waals surface area contributed by atoms with E-state index in [1.807, 2.05) is 29.2 Å². The fraction of sp³-hybridized carbons (Fsp3) is 0.588. The van der Waals surface area contributed by atoms with Gasteiger partial charge in [0, 0.05) is 22.2 Å². The molecule has 0 bridgehead atoms. The summed E-state index contributed by atoms with van der Waals surface area (Å²) >= 11 is 2.26. The third-order valence-corrected chi connectivity index (χ3v) is 4.16. The van der Waals surface area contributed by atoms with Crippen LogP contribution in [-0.2, 0) is 0 Å². The highest BCUT2D eigenvalue weighted by molar-refractivity contribution is 14.1. The molecule has 1 aromatic rings. The van der Waals surface area contributed by atoms with Crippen molar-refractivity contribution in [1.29, 1.82) is 0 Å². The van der Waals surface area contributed by atoms with E-state index in [1.54, 1.807) is 0 Å². The highest BCUT2D eigenvalue weighted by atomic mass is 127. The average molecular weight is 417 g/mol. The largest absolute Gasteiger partial charge is 0.339 e. The number of rotatable bonds is 9. The average Bonchev–Trinajstić information content (AvgIpc) is 2.45. The Balaban J connectivity index is 2.65. The van der Waals surface area contributed by atoms with Crippen molar-refractivity contribution in [1.82, 2.24) is 14.7 Å². The van der Waals surface area contributed by atoms with Gasteiger partial charge in [0.25, 0.3) is 5.91 Å². The van der Waals surface area contributed by atoms with Crippen LogP contribution in [0.5, 0.6) is 0 Å². The number of benzene rings is 1. The molecule has 124 valence electrons. The minimum atomic E-state index is 0.147. The van der Waals surface area contributed by atoms with E-state index in [-0.39, 0.29) is 5.91 Å². The second-order valence-electron chi connectivity index (χ2n) is 6.11. The summed E-state index contributed by atoms with van der Waals surface area (Å²) in [6, 6.07) is 7.83.